The lowest BCUT2D eigenvalue weighted by atomic mass is 10.2. The first-order valence-corrected chi connectivity index (χ1v) is 10.2. The van der Waals surface area contributed by atoms with Gasteiger partial charge in [-0.2, -0.15) is 4.31 Å². The van der Waals surface area contributed by atoms with Gasteiger partial charge in [0.25, 0.3) is 0 Å². The number of piperazine rings is 2. The molecular formula is C17H27ClN4O3S. The fraction of sp³-hybridized carbons (Fsp3) is 0.588. The lowest BCUT2D eigenvalue weighted by Crippen LogP contribution is -2.56. The van der Waals surface area contributed by atoms with E-state index in [4.69, 9.17) is 0 Å². The van der Waals surface area contributed by atoms with E-state index in [9.17, 15) is 13.2 Å². The zero-order valence-corrected chi connectivity index (χ0v) is 16.6. The van der Waals surface area contributed by atoms with E-state index < -0.39 is 10.0 Å². The van der Waals surface area contributed by atoms with E-state index in [0.717, 1.165) is 19.6 Å². The van der Waals surface area contributed by atoms with Crippen LogP contribution in [0, 0.1) is 0 Å². The predicted octanol–water partition coefficient (Wildman–Crippen LogP) is 0.235. The van der Waals surface area contributed by atoms with Gasteiger partial charge >= 0.3 is 0 Å². The van der Waals surface area contributed by atoms with Crippen molar-refractivity contribution < 1.29 is 13.2 Å². The summed E-state index contributed by atoms with van der Waals surface area (Å²) >= 11 is 0. The lowest BCUT2D eigenvalue weighted by molar-refractivity contribution is -0.134. The first-order chi connectivity index (χ1) is 12.0. The van der Waals surface area contributed by atoms with Gasteiger partial charge in [-0.25, -0.2) is 8.42 Å². The summed E-state index contributed by atoms with van der Waals surface area (Å²) in [4.78, 5) is 16.8. The molecule has 2 aliphatic rings. The highest BCUT2D eigenvalue weighted by atomic mass is 35.5. The van der Waals surface area contributed by atoms with E-state index in [2.05, 4.69) is 17.1 Å². The van der Waals surface area contributed by atoms with Crippen molar-refractivity contribution in [1.29, 1.82) is 0 Å². The van der Waals surface area contributed by atoms with E-state index in [1.165, 1.54) is 4.31 Å². The molecule has 0 aliphatic carbocycles. The third-order valence-corrected chi connectivity index (χ3v) is 6.86. The van der Waals surface area contributed by atoms with Crippen LogP contribution in [0.4, 0.5) is 0 Å². The fourth-order valence-electron chi connectivity index (χ4n) is 3.31. The van der Waals surface area contributed by atoms with Crippen molar-refractivity contribution >= 4 is 28.3 Å². The molecule has 1 aromatic carbocycles. The van der Waals surface area contributed by atoms with Crippen molar-refractivity contribution in [2.45, 2.75) is 17.9 Å². The molecule has 0 saturated carbocycles. The van der Waals surface area contributed by atoms with Crippen molar-refractivity contribution in [2.75, 3.05) is 52.4 Å². The second-order valence-corrected chi connectivity index (χ2v) is 8.56. The number of nitrogens with zero attached hydrogens (tertiary/aromatic N) is 3. The third-order valence-electron chi connectivity index (χ3n) is 4.95. The number of nitrogens with one attached hydrogen (secondary N) is 1. The number of rotatable bonds is 4. The van der Waals surface area contributed by atoms with Crippen LogP contribution in [-0.2, 0) is 14.8 Å². The third kappa shape index (κ3) is 4.75. The molecule has 1 atom stereocenters. The molecule has 0 bridgehead atoms. The molecule has 9 heteroatoms. The predicted molar refractivity (Wildman–Crippen MR) is 103 cm³/mol. The number of hydrogen-bond acceptors (Lipinski definition) is 5. The molecule has 2 heterocycles. The van der Waals surface area contributed by atoms with Gasteiger partial charge in [-0.05, 0) is 19.1 Å². The maximum Gasteiger partial charge on any atom is 0.243 e. The van der Waals surface area contributed by atoms with E-state index in [1.54, 1.807) is 35.2 Å². The molecule has 0 radical (unpaired) electrons. The number of hydrogen-bond donors (Lipinski definition) is 1. The number of sulfonamides is 1. The molecule has 7 nitrogen and oxygen atoms in total. The number of carbonyl (C=O) groups is 1. The molecule has 0 unspecified atom stereocenters. The van der Waals surface area contributed by atoms with Gasteiger partial charge < -0.3 is 10.2 Å². The molecule has 26 heavy (non-hydrogen) atoms. The van der Waals surface area contributed by atoms with Crippen molar-refractivity contribution in [3.63, 3.8) is 0 Å². The highest BCUT2D eigenvalue weighted by Gasteiger charge is 2.31. The summed E-state index contributed by atoms with van der Waals surface area (Å²) in [7, 11) is -3.47. The van der Waals surface area contributed by atoms with Crippen LogP contribution >= 0.6 is 12.4 Å². The molecule has 2 aliphatic heterocycles. The number of amides is 1. The number of benzene rings is 1. The SMILES string of the molecule is C[C@@H]1CNCCN1CC(=O)N1CCN(S(=O)(=O)c2ccccc2)CC1.Cl. The Morgan fingerprint density at radius 1 is 1.12 bits per heavy atom. The van der Waals surface area contributed by atoms with Gasteiger partial charge in [0.2, 0.25) is 15.9 Å². The summed E-state index contributed by atoms with van der Waals surface area (Å²) in [6.45, 7) is 6.79. The van der Waals surface area contributed by atoms with Crippen LogP contribution in [0.3, 0.4) is 0 Å². The molecule has 2 saturated heterocycles. The van der Waals surface area contributed by atoms with Gasteiger partial charge in [0.05, 0.1) is 11.4 Å². The summed E-state index contributed by atoms with van der Waals surface area (Å²) in [5.41, 5.74) is 0. The van der Waals surface area contributed by atoms with Crippen LogP contribution in [0.25, 0.3) is 0 Å². The van der Waals surface area contributed by atoms with Crippen LogP contribution in [0.15, 0.2) is 35.2 Å². The van der Waals surface area contributed by atoms with E-state index >= 15 is 0 Å². The van der Waals surface area contributed by atoms with Crippen LogP contribution < -0.4 is 5.32 Å². The first kappa shape index (κ1) is 21.1. The minimum absolute atomic E-state index is 0. The topological polar surface area (TPSA) is 73.0 Å². The van der Waals surface area contributed by atoms with Crippen LogP contribution in [0.1, 0.15) is 6.92 Å². The van der Waals surface area contributed by atoms with Crippen molar-refractivity contribution in [3.05, 3.63) is 30.3 Å². The Morgan fingerprint density at radius 3 is 2.38 bits per heavy atom. The van der Waals surface area contributed by atoms with Gasteiger partial charge in [-0.1, -0.05) is 18.2 Å². The van der Waals surface area contributed by atoms with Crippen LogP contribution in [0.2, 0.25) is 0 Å². The summed E-state index contributed by atoms with van der Waals surface area (Å²) < 4.78 is 26.7. The molecule has 0 aromatic heterocycles. The van der Waals surface area contributed by atoms with Crippen molar-refractivity contribution in [3.8, 4) is 0 Å². The quantitative estimate of drug-likeness (QED) is 0.780. The van der Waals surface area contributed by atoms with Crippen molar-refractivity contribution in [2.24, 2.45) is 0 Å². The first-order valence-electron chi connectivity index (χ1n) is 8.76. The van der Waals surface area contributed by atoms with Gasteiger partial charge in [-0.3, -0.25) is 9.69 Å². The zero-order valence-electron chi connectivity index (χ0n) is 15.0. The zero-order chi connectivity index (χ0) is 17.9. The molecule has 3 rings (SSSR count). The van der Waals surface area contributed by atoms with Gasteiger partial charge in [0.15, 0.2) is 0 Å². The summed E-state index contributed by atoms with van der Waals surface area (Å²) in [5.74, 6) is 0.0884. The molecule has 1 amide bonds. The summed E-state index contributed by atoms with van der Waals surface area (Å²) in [6.07, 6.45) is 0. The summed E-state index contributed by atoms with van der Waals surface area (Å²) in [6, 6.07) is 8.81. The average molecular weight is 403 g/mol. The van der Waals surface area contributed by atoms with Gasteiger partial charge in [0.1, 0.15) is 0 Å². The van der Waals surface area contributed by atoms with E-state index in [1.807, 2.05) is 0 Å². The Labute approximate surface area is 161 Å². The van der Waals surface area contributed by atoms with E-state index in [0.29, 0.717) is 43.7 Å². The maximum absolute atomic E-state index is 12.6. The highest BCUT2D eigenvalue weighted by molar-refractivity contribution is 7.89. The molecule has 0 spiro atoms. The number of carbonyl (C=O) groups excluding carboxylic acids is 1. The summed E-state index contributed by atoms with van der Waals surface area (Å²) in [5, 5.41) is 3.32. The second kappa shape index (κ2) is 9.14. The molecular weight excluding hydrogens is 376 g/mol. The Morgan fingerprint density at radius 2 is 1.77 bits per heavy atom. The Balaban J connectivity index is 0.00000243. The van der Waals surface area contributed by atoms with Crippen molar-refractivity contribution in [1.82, 2.24) is 19.4 Å². The molecule has 1 N–H and O–H groups in total. The number of halogens is 1. The molecule has 1 aromatic rings. The minimum atomic E-state index is -3.47. The standard InChI is InChI=1S/C17H26N4O3S.ClH/c1-15-13-18-7-8-20(15)14-17(22)19-9-11-21(12-10-19)25(23,24)16-5-3-2-4-6-16;/h2-6,15,18H,7-14H2,1H3;1H/t15-;/m1./s1. The maximum atomic E-state index is 12.6. The van der Waals surface area contributed by atoms with Crippen LogP contribution in [0.5, 0.6) is 0 Å². The van der Waals surface area contributed by atoms with E-state index in [-0.39, 0.29) is 18.3 Å². The Hall–Kier alpha value is -1.19. The largest absolute Gasteiger partial charge is 0.339 e. The normalized spacial score (nSPS) is 22.7. The lowest BCUT2D eigenvalue weighted by Gasteiger charge is -2.37. The van der Waals surface area contributed by atoms with Crippen LogP contribution in [-0.4, -0.2) is 86.8 Å². The monoisotopic (exact) mass is 402 g/mol. The second-order valence-electron chi connectivity index (χ2n) is 6.62. The minimum Gasteiger partial charge on any atom is -0.339 e. The fourth-order valence-corrected chi connectivity index (χ4v) is 4.75. The smallest absolute Gasteiger partial charge is 0.243 e. The Kier molecular flexibility index (Phi) is 7.42. The average Bonchev–Trinajstić information content (AvgIpc) is 2.64. The van der Waals surface area contributed by atoms with Gasteiger partial charge in [-0.15, -0.1) is 12.4 Å². The highest BCUT2D eigenvalue weighted by Crippen LogP contribution is 2.17. The Bertz CT molecular complexity index is 693. The van der Waals surface area contributed by atoms with Gasteiger partial charge in [0, 0.05) is 51.9 Å². The molecule has 2 fully saturated rings. The molecule has 146 valence electrons.